The van der Waals surface area contributed by atoms with Crippen LogP contribution in [0.15, 0.2) is 0 Å². The van der Waals surface area contributed by atoms with Gasteiger partial charge in [0, 0.05) is 24.9 Å². The third-order valence-corrected chi connectivity index (χ3v) is 4.69. The summed E-state index contributed by atoms with van der Waals surface area (Å²) in [5.41, 5.74) is 0. The lowest BCUT2D eigenvalue weighted by Gasteiger charge is -2.30. The number of carbonyl (C=O) groups excluding carboxylic acids is 1. The largest absolute Gasteiger partial charge is 0.480 e. The van der Waals surface area contributed by atoms with E-state index in [0.29, 0.717) is 6.54 Å². The summed E-state index contributed by atoms with van der Waals surface area (Å²) in [6.45, 7) is 0.765. The summed E-state index contributed by atoms with van der Waals surface area (Å²) in [7, 11) is 0. The topological polar surface area (TPSA) is 76.1 Å². The van der Waals surface area contributed by atoms with Crippen LogP contribution in [0.3, 0.4) is 0 Å². The molecule has 2 aliphatic rings. The lowest BCUT2D eigenvalue weighted by atomic mass is 10.1. The summed E-state index contributed by atoms with van der Waals surface area (Å²) in [6.07, 6.45) is 3.13. The minimum atomic E-state index is -1.06. The Bertz CT molecular complexity index is 340. The number of aliphatic carboxylic acids is 1. The minimum Gasteiger partial charge on any atom is -0.480 e. The highest BCUT2D eigenvalue weighted by molar-refractivity contribution is 7.99. The van der Waals surface area contributed by atoms with Crippen molar-refractivity contribution in [3.05, 3.63) is 0 Å². The fourth-order valence-corrected chi connectivity index (χ4v) is 3.76. The third kappa shape index (κ3) is 4.64. The number of carboxylic acid groups (broad SMARTS) is 1. The number of thioether (sulfide) groups is 1. The molecular formula is C13H21NO5S. The van der Waals surface area contributed by atoms with Gasteiger partial charge in [0.15, 0.2) is 0 Å². The monoisotopic (exact) mass is 303 g/mol. The Morgan fingerprint density at radius 3 is 2.80 bits per heavy atom. The first-order valence-electron chi connectivity index (χ1n) is 6.95. The third-order valence-electron chi connectivity index (χ3n) is 3.54. The van der Waals surface area contributed by atoms with Crippen molar-refractivity contribution in [3.8, 4) is 0 Å². The quantitative estimate of drug-likeness (QED) is 0.742. The van der Waals surface area contributed by atoms with Crippen molar-refractivity contribution in [1.82, 2.24) is 4.90 Å². The second kappa shape index (κ2) is 7.85. The summed E-state index contributed by atoms with van der Waals surface area (Å²) in [5.74, 6) is 0.821. The van der Waals surface area contributed by atoms with Gasteiger partial charge in [-0.1, -0.05) is 0 Å². The number of amides is 1. The summed E-state index contributed by atoms with van der Waals surface area (Å²) in [5, 5.41) is 8.53. The van der Waals surface area contributed by atoms with Crippen LogP contribution in [-0.2, 0) is 19.1 Å². The molecule has 2 fully saturated rings. The van der Waals surface area contributed by atoms with E-state index in [-0.39, 0.29) is 24.7 Å². The zero-order valence-corrected chi connectivity index (χ0v) is 12.3. The van der Waals surface area contributed by atoms with Crippen LogP contribution in [-0.4, -0.2) is 71.9 Å². The number of rotatable bonds is 7. The first kappa shape index (κ1) is 15.6. The van der Waals surface area contributed by atoms with Gasteiger partial charge in [-0.15, -0.1) is 0 Å². The van der Waals surface area contributed by atoms with Crippen LogP contribution >= 0.6 is 11.8 Å². The van der Waals surface area contributed by atoms with E-state index in [2.05, 4.69) is 0 Å². The smallest absolute Gasteiger partial charge is 0.329 e. The molecule has 2 aliphatic heterocycles. The Morgan fingerprint density at radius 1 is 1.35 bits per heavy atom. The summed E-state index contributed by atoms with van der Waals surface area (Å²) in [6, 6.07) is 0.227. The van der Waals surface area contributed by atoms with Crippen LogP contribution in [0.1, 0.15) is 19.3 Å². The van der Waals surface area contributed by atoms with Crippen molar-refractivity contribution in [2.75, 3.05) is 37.9 Å². The van der Waals surface area contributed by atoms with E-state index in [4.69, 9.17) is 14.6 Å². The van der Waals surface area contributed by atoms with Crippen molar-refractivity contribution in [2.45, 2.75) is 31.4 Å². The standard InChI is InChI=1S/C13H21NO5S/c15-12(7-18-8-13(16)17)14(10-3-5-20-9-10)6-11-2-1-4-19-11/h10-11H,1-9H2,(H,16,17). The molecule has 1 amide bonds. The van der Waals surface area contributed by atoms with Gasteiger partial charge in [-0.2, -0.15) is 11.8 Å². The van der Waals surface area contributed by atoms with Crippen LogP contribution in [0.2, 0.25) is 0 Å². The van der Waals surface area contributed by atoms with E-state index in [9.17, 15) is 9.59 Å². The molecule has 2 saturated heterocycles. The highest BCUT2D eigenvalue weighted by atomic mass is 32.2. The molecule has 2 heterocycles. The molecule has 0 bridgehead atoms. The Balaban J connectivity index is 1.86. The molecular weight excluding hydrogens is 282 g/mol. The molecule has 2 rings (SSSR count). The average molecular weight is 303 g/mol. The second-order valence-electron chi connectivity index (χ2n) is 5.09. The van der Waals surface area contributed by atoms with Crippen LogP contribution in [0, 0.1) is 0 Å². The van der Waals surface area contributed by atoms with Gasteiger partial charge in [0.05, 0.1) is 6.10 Å². The van der Waals surface area contributed by atoms with Crippen LogP contribution in [0.5, 0.6) is 0 Å². The molecule has 6 nitrogen and oxygen atoms in total. The van der Waals surface area contributed by atoms with Crippen LogP contribution < -0.4 is 0 Å². The zero-order chi connectivity index (χ0) is 14.4. The number of ether oxygens (including phenoxy) is 2. The van der Waals surface area contributed by atoms with E-state index < -0.39 is 12.6 Å². The number of carboxylic acids is 1. The SMILES string of the molecule is O=C(O)COCC(=O)N(CC1CCCO1)C1CCSC1. The Labute approximate surface area is 122 Å². The van der Waals surface area contributed by atoms with Crippen LogP contribution in [0.4, 0.5) is 0 Å². The van der Waals surface area contributed by atoms with E-state index in [1.165, 1.54) is 0 Å². The average Bonchev–Trinajstić information content (AvgIpc) is 3.08. The fraction of sp³-hybridized carbons (Fsp3) is 0.846. The highest BCUT2D eigenvalue weighted by Crippen LogP contribution is 2.24. The van der Waals surface area contributed by atoms with Gasteiger partial charge in [0.2, 0.25) is 5.91 Å². The molecule has 0 radical (unpaired) electrons. The maximum absolute atomic E-state index is 12.2. The maximum atomic E-state index is 12.2. The van der Waals surface area contributed by atoms with Gasteiger partial charge in [0.25, 0.3) is 0 Å². The predicted octanol–water partition coefficient (Wildman–Crippen LogP) is 0.601. The molecule has 0 spiro atoms. The number of carbonyl (C=O) groups is 2. The molecule has 0 aromatic carbocycles. The van der Waals surface area contributed by atoms with Gasteiger partial charge in [-0.3, -0.25) is 4.79 Å². The molecule has 7 heteroatoms. The van der Waals surface area contributed by atoms with Gasteiger partial charge in [-0.25, -0.2) is 4.79 Å². The van der Waals surface area contributed by atoms with Crippen molar-refractivity contribution in [1.29, 1.82) is 0 Å². The van der Waals surface area contributed by atoms with E-state index in [1.807, 2.05) is 16.7 Å². The van der Waals surface area contributed by atoms with E-state index in [1.54, 1.807) is 0 Å². The summed E-state index contributed by atoms with van der Waals surface area (Å²) in [4.78, 5) is 24.5. The van der Waals surface area contributed by atoms with Gasteiger partial charge >= 0.3 is 5.97 Å². The lowest BCUT2D eigenvalue weighted by molar-refractivity contribution is -0.147. The molecule has 114 valence electrons. The summed E-state index contributed by atoms with van der Waals surface area (Å²) < 4.78 is 10.5. The molecule has 20 heavy (non-hydrogen) atoms. The molecule has 1 N–H and O–H groups in total. The van der Waals surface area contributed by atoms with Crippen molar-refractivity contribution in [2.24, 2.45) is 0 Å². The van der Waals surface area contributed by atoms with Gasteiger partial charge in [0.1, 0.15) is 13.2 Å². The lowest BCUT2D eigenvalue weighted by Crippen LogP contribution is -2.46. The number of hydrogen-bond donors (Lipinski definition) is 1. The van der Waals surface area contributed by atoms with Crippen molar-refractivity contribution in [3.63, 3.8) is 0 Å². The molecule has 2 atom stereocenters. The molecule has 0 saturated carbocycles. The normalized spacial score (nSPS) is 25.8. The number of nitrogens with zero attached hydrogens (tertiary/aromatic N) is 1. The second-order valence-corrected chi connectivity index (χ2v) is 6.23. The van der Waals surface area contributed by atoms with Crippen LogP contribution in [0.25, 0.3) is 0 Å². The first-order valence-corrected chi connectivity index (χ1v) is 8.10. The maximum Gasteiger partial charge on any atom is 0.329 e. The molecule has 0 aliphatic carbocycles. The Kier molecular flexibility index (Phi) is 6.12. The van der Waals surface area contributed by atoms with E-state index >= 15 is 0 Å². The highest BCUT2D eigenvalue weighted by Gasteiger charge is 2.30. The molecule has 0 aromatic rings. The van der Waals surface area contributed by atoms with Gasteiger partial charge < -0.3 is 19.5 Å². The Morgan fingerprint density at radius 2 is 2.20 bits per heavy atom. The minimum absolute atomic E-state index is 0.115. The molecule has 2 unspecified atom stereocenters. The number of hydrogen-bond acceptors (Lipinski definition) is 5. The Hall–Kier alpha value is -0.790. The zero-order valence-electron chi connectivity index (χ0n) is 11.5. The van der Waals surface area contributed by atoms with Crippen molar-refractivity contribution < 1.29 is 24.2 Å². The van der Waals surface area contributed by atoms with E-state index in [0.717, 1.165) is 37.4 Å². The molecule has 0 aromatic heterocycles. The predicted molar refractivity (Wildman–Crippen MR) is 74.9 cm³/mol. The summed E-state index contributed by atoms with van der Waals surface area (Å²) >= 11 is 1.84. The van der Waals surface area contributed by atoms with Crippen molar-refractivity contribution >= 4 is 23.6 Å². The van der Waals surface area contributed by atoms with Gasteiger partial charge in [-0.05, 0) is 25.0 Å². The fourth-order valence-electron chi connectivity index (χ4n) is 2.54. The first-order chi connectivity index (χ1) is 9.66.